The molecule has 0 atom stereocenters. The third-order valence-corrected chi connectivity index (χ3v) is 4.20. The Kier molecular flexibility index (Phi) is 5.28. The first-order chi connectivity index (χ1) is 8.77. The van der Waals surface area contributed by atoms with Crippen molar-refractivity contribution in [2.75, 3.05) is 18.4 Å². The van der Waals surface area contributed by atoms with E-state index in [1.807, 2.05) is 29.2 Å². The maximum absolute atomic E-state index is 12.2. The van der Waals surface area contributed by atoms with E-state index >= 15 is 0 Å². The number of hydrogen-bond acceptors (Lipinski definition) is 1. The molecule has 18 heavy (non-hydrogen) atoms. The first-order valence-electron chi connectivity index (χ1n) is 6.58. The van der Waals surface area contributed by atoms with Crippen molar-refractivity contribution in [2.24, 2.45) is 0 Å². The van der Waals surface area contributed by atoms with Crippen LogP contribution >= 0.6 is 22.6 Å². The highest BCUT2D eigenvalue weighted by molar-refractivity contribution is 14.1. The lowest BCUT2D eigenvalue weighted by Gasteiger charge is -2.25. The lowest BCUT2D eigenvalue weighted by Crippen LogP contribution is -2.37. The number of carbonyl (C=O) groups excluding carboxylic acids is 1. The van der Waals surface area contributed by atoms with Crippen LogP contribution in [0.4, 0.5) is 10.5 Å². The third-order valence-electron chi connectivity index (χ3n) is 3.26. The molecule has 2 rings (SSSR count). The molecule has 4 heteroatoms. The summed E-state index contributed by atoms with van der Waals surface area (Å²) in [5.74, 6) is 0. The molecule has 1 aromatic rings. The summed E-state index contributed by atoms with van der Waals surface area (Å²) in [6.45, 7) is 1.77. The zero-order valence-corrected chi connectivity index (χ0v) is 12.7. The quantitative estimate of drug-likeness (QED) is 0.754. The number of urea groups is 1. The minimum Gasteiger partial charge on any atom is -0.325 e. The predicted octanol–water partition coefficient (Wildman–Crippen LogP) is 4.09. The molecule has 0 bridgehead atoms. The van der Waals surface area contributed by atoms with Crippen molar-refractivity contribution in [2.45, 2.75) is 32.1 Å². The van der Waals surface area contributed by atoms with E-state index in [1.165, 1.54) is 19.3 Å². The Hall–Kier alpha value is -0.780. The Morgan fingerprint density at radius 2 is 1.67 bits per heavy atom. The van der Waals surface area contributed by atoms with Crippen LogP contribution in [0.3, 0.4) is 0 Å². The number of hydrogen-bond donors (Lipinski definition) is 1. The predicted molar refractivity (Wildman–Crippen MR) is 82.8 cm³/mol. The average Bonchev–Trinajstić information content (AvgIpc) is 2.31. The van der Waals surface area contributed by atoms with Crippen molar-refractivity contribution in [3.05, 3.63) is 27.8 Å². The Labute approximate surface area is 122 Å². The SMILES string of the molecule is O=C(Nc1ccccc1I)N1CCCCCCC1. The van der Waals surface area contributed by atoms with Crippen LogP contribution < -0.4 is 5.32 Å². The van der Waals surface area contributed by atoms with E-state index in [2.05, 4.69) is 27.9 Å². The number of rotatable bonds is 1. The van der Waals surface area contributed by atoms with E-state index in [0.717, 1.165) is 35.2 Å². The molecule has 1 heterocycles. The minimum atomic E-state index is 0.0426. The molecule has 1 saturated heterocycles. The smallest absolute Gasteiger partial charge is 0.321 e. The highest BCUT2D eigenvalue weighted by Gasteiger charge is 2.15. The molecule has 0 aliphatic carbocycles. The number of halogens is 1. The van der Waals surface area contributed by atoms with E-state index in [4.69, 9.17) is 0 Å². The number of likely N-dealkylation sites (tertiary alicyclic amines) is 1. The molecule has 1 N–H and O–H groups in total. The van der Waals surface area contributed by atoms with Crippen molar-refractivity contribution in [3.63, 3.8) is 0 Å². The van der Waals surface area contributed by atoms with Gasteiger partial charge in [0.1, 0.15) is 0 Å². The summed E-state index contributed by atoms with van der Waals surface area (Å²) < 4.78 is 1.08. The summed E-state index contributed by atoms with van der Waals surface area (Å²) in [6, 6.07) is 7.92. The molecule has 1 fully saturated rings. The molecule has 1 aliphatic rings. The molecular weight excluding hydrogens is 339 g/mol. The summed E-state index contributed by atoms with van der Waals surface area (Å²) in [5.41, 5.74) is 0.908. The number of carbonyl (C=O) groups is 1. The zero-order valence-electron chi connectivity index (χ0n) is 10.5. The number of amides is 2. The molecule has 0 saturated carbocycles. The third kappa shape index (κ3) is 3.86. The Morgan fingerprint density at radius 1 is 1.06 bits per heavy atom. The lowest BCUT2D eigenvalue weighted by atomic mass is 10.1. The van der Waals surface area contributed by atoms with E-state index < -0.39 is 0 Å². The van der Waals surface area contributed by atoms with Gasteiger partial charge in [0.15, 0.2) is 0 Å². The molecule has 0 unspecified atom stereocenters. The van der Waals surface area contributed by atoms with E-state index in [0.29, 0.717) is 0 Å². The molecule has 0 spiro atoms. The fourth-order valence-corrected chi connectivity index (χ4v) is 2.73. The molecule has 1 aliphatic heterocycles. The fourth-order valence-electron chi connectivity index (χ4n) is 2.21. The van der Waals surface area contributed by atoms with Gasteiger partial charge < -0.3 is 10.2 Å². The van der Waals surface area contributed by atoms with Gasteiger partial charge in [0, 0.05) is 16.7 Å². The highest BCUT2D eigenvalue weighted by Crippen LogP contribution is 2.18. The fraction of sp³-hybridized carbons (Fsp3) is 0.500. The molecule has 3 nitrogen and oxygen atoms in total. The van der Waals surface area contributed by atoms with E-state index in [9.17, 15) is 4.79 Å². The molecule has 0 aromatic heterocycles. The molecule has 1 aromatic carbocycles. The summed E-state index contributed by atoms with van der Waals surface area (Å²) in [7, 11) is 0. The van der Waals surface area contributed by atoms with Crippen LogP contribution in [-0.2, 0) is 0 Å². The van der Waals surface area contributed by atoms with Crippen LogP contribution in [-0.4, -0.2) is 24.0 Å². The van der Waals surface area contributed by atoms with Crippen molar-refractivity contribution in [1.82, 2.24) is 4.90 Å². The van der Waals surface area contributed by atoms with Crippen molar-refractivity contribution >= 4 is 34.3 Å². The van der Waals surface area contributed by atoms with Crippen LogP contribution in [0.2, 0.25) is 0 Å². The first-order valence-corrected chi connectivity index (χ1v) is 7.66. The van der Waals surface area contributed by atoms with Crippen LogP contribution in [0.15, 0.2) is 24.3 Å². The zero-order chi connectivity index (χ0) is 12.8. The second-order valence-electron chi connectivity index (χ2n) is 4.66. The molecule has 98 valence electrons. The summed E-state index contributed by atoms with van der Waals surface area (Å²) in [6.07, 6.45) is 6.05. The molecule has 0 radical (unpaired) electrons. The first kappa shape index (κ1) is 13.6. The van der Waals surface area contributed by atoms with Gasteiger partial charge in [-0.15, -0.1) is 0 Å². The second kappa shape index (κ2) is 6.97. The number of nitrogens with zero attached hydrogens (tertiary/aromatic N) is 1. The number of nitrogens with one attached hydrogen (secondary N) is 1. The number of anilines is 1. The lowest BCUT2D eigenvalue weighted by molar-refractivity contribution is 0.206. The van der Waals surface area contributed by atoms with Gasteiger partial charge in [-0.05, 0) is 47.6 Å². The maximum atomic E-state index is 12.2. The Balaban J connectivity index is 1.96. The monoisotopic (exact) mass is 358 g/mol. The van der Waals surface area contributed by atoms with Gasteiger partial charge >= 0.3 is 6.03 Å². The van der Waals surface area contributed by atoms with E-state index in [-0.39, 0.29) is 6.03 Å². The second-order valence-corrected chi connectivity index (χ2v) is 5.83. The summed E-state index contributed by atoms with van der Waals surface area (Å²) in [4.78, 5) is 14.1. The van der Waals surface area contributed by atoms with Crippen LogP contribution in [0.25, 0.3) is 0 Å². The highest BCUT2D eigenvalue weighted by atomic mass is 127. The van der Waals surface area contributed by atoms with Crippen LogP contribution in [0.5, 0.6) is 0 Å². The maximum Gasteiger partial charge on any atom is 0.321 e. The topological polar surface area (TPSA) is 32.3 Å². The van der Waals surface area contributed by atoms with Gasteiger partial charge in [0.2, 0.25) is 0 Å². The van der Waals surface area contributed by atoms with Crippen molar-refractivity contribution < 1.29 is 4.79 Å². The van der Waals surface area contributed by atoms with Gasteiger partial charge in [-0.3, -0.25) is 0 Å². The van der Waals surface area contributed by atoms with Crippen LogP contribution in [0, 0.1) is 3.57 Å². The van der Waals surface area contributed by atoms with Crippen molar-refractivity contribution in [3.8, 4) is 0 Å². The Bertz CT molecular complexity index is 401. The van der Waals surface area contributed by atoms with Gasteiger partial charge in [-0.1, -0.05) is 31.4 Å². The van der Waals surface area contributed by atoms with Crippen LogP contribution in [0.1, 0.15) is 32.1 Å². The number of para-hydroxylation sites is 1. The molecule has 2 amide bonds. The largest absolute Gasteiger partial charge is 0.325 e. The van der Waals surface area contributed by atoms with Gasteiger partial charge in [-0.2, -0.15) is 0 Å². The summed E-state index contributed by atoms with van der Waals surface area (Å²) >= 11 is 2.25. The average molecular weight is 358 g/mol. The van der Waals surface area contributed by atoms with Gasteiger partial charge in [0.05, 0.1) is 5.69 Å². The summed E-state index contributed by atoms with van der Waals surface area (Å²) in [5, 5.41) is 3.01. The van der Waals surface area contributed by atoms with Gasteiger partial charge in [-0.25, -0.2) is 4.79 Å². The van der Waals surface area contributed by atoms with E-state index in [1.54, 1.807) is 0 Å². The minimum absolute atomic E-state index is 0.0426. The van der Waals surface area contributed by atoms with Crippen molar-refractivity contribution in [1.29, 1.82) is 0 Å². The van der Waals surface area contributed by atoms with Gasteiger partial charge in [0.25, 0.3) is 0 Å². The Morgan fingerprint density at radius 3 is 2.33 bits per heavy atom. The molecular formula is C14H19IN2O. The normalized spacial score (nSPS) is 16.8. The number of benzene rings is 1. The standard InChI is InChI=1S/C14H19IN2O/c15-12-8-4-5-9-13(12)16-14(18)17-10-6-2-1-3-7-11-17/h4-5,8-9H,1-3,6-7,10-11H2,(H,16,18).